The summed E-state index contributed by atoms with van der Waals surface area (Å²) in [6.07, 6.45) is 1.42. The molecule has 1 aromatic rings. The van der Waals surface area contributed by atoms with Crippen molar-refractivity contribution in [3.63, 3.8) is 0 Å². The Kier molecular flexibility index (Phi) is 1.81. The van der Waals surface area contributed by atoms with E-state index in [-0.39, 0.29) is 5.91 Å². The van der Waals surface area contributed by atoms with Gasteiger partial charge in [-0.3, -0.25) is 4.79 Å². The van der Waals surface area contributed by atoms with Crippen molar-refractivity contribution in [1.29, 1.82) is 0 Å². The number of thiol groups is 1. The fraction of sp³-hybridized carbons (Fsp3) is 0.222. The van der Waals surface area contributed by atoms with E-state index in [4.69, 9.17) is 0 Å². The van der Waals surface area contributed by atoms with Crippen molar-refractivity contribution in [1.82, 2.24) is 0 Å². The van der Waals surface area contributed by atoms with E-state index in [9.17, 15) is 4.79 Å². The van der Waals surface area contributed by atoms with Gasteiger partial charge < -0.3 is 5.32 Å². The van der Waals surface area contributed by atoms with Crippen molar-refractivity contribution in [2.24, 2.45) is 0 Å². The largest absolute Gasteiger partial charge is 0.326 e. The second-order valence-electron chi connectivity index (χ2n) is 2.89. The van der Waals surface area contributed by atoms with Crippen LogP contribution in [0.4, 0.5) is 5.69 Å². The minimum atomic E-state index is 0.106. The predicted octanol–water partition coefficient (Wildman–Crippen LogP) is 1.86. The molecule has 2 nitrogen and oxygen atoms in total. The maximum Gasteiger partial charge on any atom is 0.224 e. The summed E-state index contributed by atoms with van der Waals surface area (Å²) in [5.41, 5.74) is 2.12. The van der Waals surface area contributed by atoms with Crippen LogP contribution >= 0.6 is 12.6 Å². The van der Waals surface area contributed by atoms with Crippen LogP contribution in [0, 0.1) is 0 Å². The number of carbonyl (C=O) groups excluding carboxylic acids is 1. The number of amides is 1. The fourth-order valence-electron chi connectivity index (χ4n) is 1.37. The van der Waals surface area contributed by atoms with E-state index in [1.54, 1.807) is 0 Å². The third-order valence-corrected chi connectivity index (χ3v) is 2.26. The van der Waals surface area contributed by atoms with Crippen LogP contribution in [-0.4, -0.2) is 5.91 Å². The van der Waals surface area contributed by atoms with Gasteiger partial charge in [-0.05, 0) is 30.2 Å². The number of carbonyl (C=O) groups is 1. The van der Waals surface area contributed by atoms with Crippen LogP contribution in [0.15, 0.2) is 23.1 Å². The van der Waals surface area contributed by atoms with Crippen molar-refractivity contribution < 1.29 is 4.79 Å². The number of aryl methyl sites for hydroxylation is 1. The van der Waals surface area contributed by atoms with E-state index in [1.807, 2.05) is 18.2 Å². The summed E-state index contributed by atoms with van der Waals surface area (Å²) in [7, 11) is 0. The molecule has 0 aliphatic carbocycles. The van der Waals surface area contributed by atoms with Gasteiger partial charge in [0.2, 0.25) is 5.91 Å². The Hall–Kier alpha value is -0.960. The number of benzene rings is 1. The normalized spacial score (nSPS) is 15.2. The minimum Gasteiger partial charge on any atom is -0.326 e. The van der Waals surface area contributed by atoms with Crippen LogP contribution in [0.1, 0.15) is 12.0 Å². The van der Waals surface area contributed by atoms with Crippen molar-refractivity contribution in [2.75, 3.05) is 5.32 Å². The van der Waals surface area contributed by atoms with Crippen LogP contribution in [-0.2, 0) is 11.2 Å². The number of anilines is 1. The van der Waals surface area contributed by atoms with Gasteiger partial charge in [0, 0.05) is 17.0 Å². The highest BCUT2D eigenvalue weighted by Gasteiger charge is 2.13. The molecule has 2 rings (SSSR count). The van der Waals surface area contributed by atoms with Crippen LogP contribution in [0.25, 0.3) is 0 Å². The predicted molar refractivity (Wildman–Crippen MR) is 50.6 cm³/mol. The standard InChI is InChI=1S/C9H9NOS/c11-9-4-1-6-5-7(12)2-3-8(6)10-9/h2-3,5,12H,1,4H2,(H,10,11). The van der Waals surface area contributed by atoms with E-state index in [1.165, 1.54) is 5.56 Å². The van der Waals surface area contributed by atoms with E-state index in [0.29, 0.717) is 6.42 Å². The Morgan fingerprint density at radius 3 is 3.00 bits per heavy atom. The van der Waals surface area contributed by atoms with Crippen LogP contribution in [0.2, 0.25) is 0 Å². The van der Waals surface area contributed by atoms with Gasteiger partial charge in [-0.15, -0.1) is 12.6 Å². The van der Waals surface area contributed by atoms with E-state index in [0.717, 1.165) is 17.0 Å². The van der Waals surface area contributed by atoms with Gasteiger partial charge >= 0.3 is 0 Å². The maximum atomic E-state index is 11.0. The second-order valence-corrected chi connectivity index (χ2v) is 3.41. The maximum absolute atomic E-state index is 11.0. The smallest absolute Gasteiger partial charge is 0.224 e. The average molecular weight is 179 g/mol. The van der Waals surface area contributed by atoms with Crippen molar-refractivity contribution in [2.45, 2.75) is 17.7 Å². The molecule has 1 aliphatic heterocycles. The summed E-state index contributed by atoms with van der Waals surface area (Å²) in [4.78, 5) is 11.9. The van der Waals surface area contributed by atoms with Crippen LogP contribution in [0.3, 0.4) is 0 Å². The molecule has 1 amide bonds. The average Bonchev–Trinajstić information content (AvgIpc) is 2.05. The third kappa shape index (κ3) is 1.32. The zero-order valence-corrected chi connectivity index (χ0v) is 7.40. The van der Waals surface area contributed by atoms with Crippen LogP contribution in [0.5, 0.6) is 0 Å². The molecule has 1 aromatic carbocycles. The molecule has 1 aliphatic rings. The number of hydrogen-bond donors (Lipinski definition) is 2. The van der Waals surface area contributed by atoms with E-state index < -0.39 is 0 Å². The monoisotopic (exact) mass is 179 g/mol. The molecule has 1 heterocycles. The lowest BCUT2D eigenvalue weighted by molar-refractivity contribution is -0.116. The molecule has 0 saturated heterocycles. The van der Waals surface area contributed by atoms with Gasteiger partial charge in [-0.1, -0.05) is 0 Å². The second kappa shape index (κ2) is 2.83. The van der Waals surface area contributed by atoms with Crippen molar-refractivity contribution >= 4 is 24.2 Å². The molecule has 0 spiro atoms. The minimum absolute atomic E-state index is 0.106. The van der Waals surface area contributed by atoms with Gasteiger partial charge in [0.1, 0.15) is 0 Å². The summed E-state index contributed by atoms with van der Waals surface area (Å²) >= 11 is 4.23. The highest BCUT2D eigenvalue weighted by molar-refractivity contribution is 7.80. The summed E-state index contributed by atoms with van der Waals surface area (Å²) in [5.74, 6) is 0.106. The quantitative estimate of drug-likeness (QED) is 0.585. The first-order chi connectivity index (χ1) is 5.75. The van der Waals surface area contributed by atoms with Gasteiger partial charge in [-0.25, -0.2) is 0 Å². The summed E-state index contributed by atoms with van der Waals surface area (Å²) in [5, 5.41) is 2.81. The Labute approximate surface area is 76.4 Å². The highest BCUT2D eigenvalue weighted by atomic mass is 32.1. The molecule has 12 heavy (non-hydrogen) atoms. The summed E-state index contributed by atoms with van der Waals surface area (Å²) in [6.45, 7) is 0. The molecule has 0 radical (unpaired) electrons. The molecule has 62 valence electrons. The molecule has 0 unspecified atom stereocenters. The lowest BCUT2D eigenvalue weighted by atomic mass is 10.0. The Bertz CT molecular complexity index is 335. The van der Waals surface area contributed by atoms with Crippen LogP contribution < -0.4 is 5.32 Å². The molecule has 0 fully saturated rings. The van der Waals surface area contributed by atoms with Crippen molar-refractivity contribution in [3.05, 3.63) is 23.8 Å². The molecular formula is C9H9NOS. The zero-order valence-electron chi connectivity index (χ0n) is 6.50. The molecule has 3 heteroatoms. The summed E-state index contributed by atoms with van der Waals surface area (Å²) < 4.78 is 0. The Morgan fingerprint density at radius 2 is 2.17 bits per heavy atom. The zero-order chi connectivity index (χ0) is 8.55. The van der Waals surface area contributed by atoms with Crippen molar-refractivity contribution in [3.8, 4) is 0 Å². The van der Waals surface area contributed by atoms with Gasteiger partial charge in [0.15, 0.2) is 0 Å². The lowest BCUT2D eigenvalue weighted by Crippen LogP contribution is -2.18. The molecule has 1 N–H and O–H groups in total. The topological polar surface area (TPSA) is 29.1 Å². The number of rotatable bonds is 0. The van der Waals surface area contributed by atoms with E-state index >= 15 is 0 Å². The van der Waals surface area contributed by atoms with E-state index in [2.05, 4.69) is 17.9 Å². The summed E-state index contributed by atoms with van der Waals surface area (Å²) in [6, 6.07) is 5.78. The van der Waals surface area contributed by atoms with Gasteiger partial charge in [0.05, 0.1) is 0 Å². The number of fused-ring (bicyclic) bond motifs is 1. The SMILES string of the molecule is O=C1CCc2cc(S)ccc2N1. The number of hydrogen-bond acceptors (Lipinski definition) is 2. The molecule has 0 saturated carbocycles. The van der Waals surface area contributed by atoms with Gasteiger partial charge in [-0.2, -0.15) is 0 Å². The first-order valence-electron chi connectivity index (χ1n) is 3.87. The highest BCUT2D eigenvalue weighted by Crippen LogP contribution is 2.24. The fourth-order valence-corrected chi connectivity index (χ4v) is 1.60. The Balaban J connectivity index is 2.43. The molecular weight excluding hydrogens is 170 g/mol. The third-order valence-electron chi connectivity index (χ3n) is 1.98. The first-order valence-corrected chi connectivity index (χ1v) is 4.32. The first kappa shape index (κ1) is 7.68. The van der Waals surface area contributed by atoms with Gasteiger partial charge in [0.25, 0.3) is 0 Å². The number of nitrogens with one attached hydrogen (secondary N) is 1. The Morgan fingerprint density at radius 1 is 1.33 bits per heavy atom. The molecule has 0 aromatic heterocycles. The molecule has 0 atom stereocenters. The molecule has 0 bridgehead atoms. The lowest BCUT2D eigenvalue weighted by Gasteiger charge is -2.16.